The third kappa shape index (κ3) is 3.77. The molecule has 0 aliphatic heterocycles. The third-order valence-corrected chi connectivity index (χ3v) is 6.18. The molecule has 0 fully saturated rings. The summed E-state index contributed by atoms with van der Waals surface area (Å²) in [5.74, 6) is 0.739. The lowest BCUT2D eigenvalue weighted by molar-refractivity contribution is 0.164. The predicted octanol–water partition coefficient (Wildman–Crippen LogP) is 4.85. The molecule has 0 aliphatic rings. The molecule has 2 aromatic heterocycles. The average Bonchev–Trinajstić information content (AvgIpc) is 2.87. The quantitative estimate of drug-likeness (QED) is 0.340. The van der Waals surface area contributed by atoms with E-state index >= 15 is 0 Å². The first-order chi connectivity index (χ1) is 12.0. The molecule has 0 saturated carbocycles. The van der Waals surface area contributed by atoms with Crippen molar-refractivity contribution in [3.63, 3.8) is 0 Å². The maximum absolute atomic E-state index is 13.2. The number of hydrogen-bond acceptors (Lipinski definition) is 5. The van der Waals surface area contributed by atoms with Crippen molar-refractivity contribution in [1.29, 1.82) is 0 Å². The number of aryl methyl sites for hydroxylation is 2. The molecule has 4 nitrogen and oxygen atoms in total. The van der Waals surface area contributed by atoms with Gasteiger partial charge in [-0.2, -0.15) is 0 Å². The Hall–Kier alpha value is -1.34. The number of thiophene rings is 1. The molecule has 0 aliphatic carbocycles. The normalized spacial score (nSPS) is 11.4. The van der Waals surface area contributed by atoms with Crippen molar-refractivity contribution in [3.8, 4) is 5.69 Å². The Balaban J connectivity index is 2.15. The van der Waals surface area contributed by atoms with Gasteiger partial charge in [0.05, 0.1) is 17.7 Å². The van der Waals surface area contributed by atoms with E-state index < -0.39 is 0 Å². The standard InChI is InChI=1S/C18H19ClN2O2S2/c1-4-23-9-10-24-18-20-16-15(11(2)12(3)25-16)17(22)21(18)14-7-5-13(19)6-8-14/h5-8H,4,9-10H2,1-3H3. The zero-order chi connectivity index (χ0) is 18.0. The lowest BCUT2D eigenvalue weighted by atomic mass is 10.2. The number of aromatic nitrogens is 2. The highest BCUT2D eigenvalue weighted by Crippen LogP contribution is 2.29. The van der Waals surface area contributed by atoms with Crippen molar-refractivity contribution >= 4 is 44.9 Å². The summed E-state index contributed by atoms with van der Waals surface area (Å²) in [6.45, 7) is 7.27. The molecule has 0 bridgehead atoms. The molecular weight excluding hydrogens is 376 g/mol. The Labute approximate surface area is 159 Å². The summed E-state index contributed by atoms with van der Waals surface area (Å²) in [4.78, 5) is 19.9. The molecule has 0 unspecified atom stereocenters. The van der Waals surface area contributed by atoms with Crippen LogP contribution in [-0.4, -0.2) is 28.5 Å². The van der Waals surface area contributed by atoms with Crippen LogP contribution in [0.1, 0.15) is 17.4 Å². The molecule has 0 spiro atoms. The van der Waals surface area contributed by atoms with Gasteiger partial charge >= 0.3 is 0 Å². The Morgan fingerprint density at radius 3 is 2.68 bits per heavy atom. The Bertz CT molecular complexity index is 948. The summed E-state index contributed by atoms with van der Waals surface area (Å²) < 4.78 is 7.08. The second kappa shape index (κ2) is 7.91. The summed E-state index contributed by atoms with van der Waals surface area (Å²) in [5, 5.41) is 2.02. The van der Waals surface area contributed by atoms with Crippen LogP contribution in [0, 0.1) is 13.8 Å². The molecule has 132 valence electrons. The molecule has 1 aromatic carbocycles. The van der Waals surface area contributed by atoms with Crippen LogP contribution in [0.25, 0.3) is 15.9 Å². The van der Waals surface area contributed by atoms with Gasteiger partial charge in [-0.25, -0.2) is 4.98 Å². The molecular formula is C18H19ClN2O2S2. The van der Waals surface area contributed by atoms with Gasteiger partial charge in [0.1, 0.15) is 4.83 Å². The van der Waals surface area contributed by atoms with Crippen LogP contribution >= 0.6 is 34.7 Å². The van der Waals surface area contributed by atoms with Crippen LogP contribution < -0.4 is 5.56 Å². The van der Waals surface area contributed by atoms with Gasteiger partial charge in [-0.15, -0.1) is 11.3 Å². The van der Waals surface area contributed by atoms with Gasteiger partial charge in [-0.3, -0.25) is 9.36 Å². The summed E-state index contributed by atoms with van der Waals surface area (Å²) in [5.41, 5.74) is 1.74. The van der Waals surface area contributed by atoms with E-state index in [9.17, 15) is 4.79 Å². The summed E-state index contributed by atoms with van der Waals surface area (Å²) in [6.07, 6.45) is 0. The average molecular weight is 395 g/mol. The monoisotopic (exact) mass is 394 g/mol. The smallest absolute Gasteiger partial charge is 0.267 e. The lowest BCUT2D eigenvalue weighted by Crippen LogP contribution is -2.21. The van der Waals surface area contributed by atoms with Crippen LogP contribution in [0.2, 0.25) is 5.02 Å². The van der Waals surface area contributed by atoms with Crippen molar-refractivity contribution in [2.45, 2.75) is 25.9 Å². The molecule has 25 heavy (non-hydrogen) atoms. The Morgan fingerprint density at radius 1 is 1.28 bits per heavy atom. The predicted molar refractivity (Wildman–Crippen MR) is 107 cm³/mol. The van der Waals surface area contributed by atoms with Crippen LogP contribution in [0.4, 0.5) is 0 Å². The molecule has 0 amide bonds. The van der Waals surface area contributed by atoms with Gasteiger partial charge in [-0.05, 0) is 50.6 Å². The van der Waals surface area contributed by atoms with Gasteiger partial charge in [0.15, 0.2) is 5.16 Å². The number of thioether (sulfide) groups is 1. The lowest BCUT2D eigenvalue weighted by Gasteiger charge is -2.12. The topological polar surface area (TPSA) is 44.1 Å². The second-order valence-electron chi connectivity index (χ2n) is 5.52. The van der Waals surface area contributed by atoms with E-state index in [0.717, 1.165) is 26.7 Å². The van der Waals surface area contributed by atoms with Crippen molar-refractivity contribution in [2.75, 3.05) is 19.0 Å². The molecule has 2 heterocycles. The van der Waals surface area contributed by atoms with E-state index in [2.05, 4.69) is 0 Å². The molecule has 3 rings (SSSR count). The minimum absolute atomic E-state index is 0.0342. The highest BCUT2D eigenvalue weighted by Gasteiger charge is 2.17. The minimum Gasteiger partial charge on any atom is -0.381 e. The van der Waals surface area contributed by atoms with E-state index in [1.54, 1.807) is 28.0 Å². The molecule has 0 atom stereocenters. The van der Waals surface area contributed by atoms with E-state index in [4.69, 9.17) is 21.3 Å². The van der Waals surface area contributed by atoms with Gasteiger partial charge in [-0.1, -0.05) is 23.4 Å². The molecule has 0 N–H and O–H groups in total. The first-order valence-corrected chi connectivity index (χ1v) is 10.2. The first kappa shape index (κ1) is 18.5. The zero-order valence-corrected chi connectivity index (χ0v) is 16.7. The number of rotatable bonds is 6. The number of nitrogens with zero attached hydrogens (tertiary/aromatic N) is 2. The summed E-state index contributed by atoms with van der Waals surface area (Å²) in [7, 11) is 0. The van der Waals surface area contributed by atoms with E-state index in [1.165, 1.54) is 11.8 Å². The van der Waals surface area contributed by atoms with Crippen LogP contribution in [-0.2, 0) is 4.74 Å². The fourth-order valence-corrected chi connectivity index (χ4v) is 4.59. The molecule has 0 radical (unpaired) electrons. The first-order valence-electron chi connectivity index (χ1n) is 8.02. The number of hydrogen-bond donors (Lipinski definition) is 0. The SMILES string of the molecule is CCOCCSc1nc2sc(C)c(C)c2c(=O)n1-c1ccc(Cl)cc1. The fourth-order valence-electron chi connectivity index (χ4n) is 2.53. The minimum atomic E-state index is -0.0342. The Kier molecular flexibility index (Phi) is 5.84. The largest absolute Gasteiger partial charge is 0.381 e. The summed E-state index contributed by atoms with van der Waals surface area (Å²) in [6, 6.07) is 7.26. The van der Waals surface area contributed by atoms with E-state index in [-0.39, 0.29) is 5.56 Å². The van der Waals surface area contributed by atoms with Crippen molar-refractivity contribution < 1.29 is 4.74 Å². The highest BCUT2D eigenvalue weighted by molar-refractivity contribution is 7.99. The van der Waals surface area contributed by atoms with Gasteiger partial charge < -0.3 is 4.74 Å². The zero-order valence-electron chi connectivity index (χ0n) is 14.3. The number of fused-ring (bicyclic) bond motifs is 1. The van der Waals surface area contributed by atoms with Crippen LogP contribution in [0.3, 0.4) is 0 Å². The molecule has 7 heteroatoms. The second-order valence-corrected chi connectivity index (χ2v) is 8.22. The van der Waals surface area contributed by atoms with E-state index in [0.29, 0.717) is 28.8 Å². The van der Waals surface area contributed by atoms with Crippen molar-refractivity contribution in [1.82, 2.24) is 9.55 Å². The van der Waals surface area contributed by atoms with Crippen molar-refractivity contribution in [3.05, 3.63) is 50.1 Å². The fraction of sp³-hybridized carbons (Fsp3) is 0.333. The van der Waals surface area contributed by atoms with Gasteiger partial charge in [0.2, 0.25) is 0 Å². The number of halogens is 1. The molecule has 0 saturated heterocycles. The van der Waals surface area contributed by atoms with Crippen LogP contribution in [0.5, 0.6) is 0 Å². The molecule has 3 aromatic rings. The van der Waals surface area contributed by atoms with Gasteiger partial charge in [0.25, 0.3) is 5.56 Å². The number of ether oxygens (including phenoxy) is 1. The Morgan fingerprint density at radius 2 is 2.00 bits per heavy atom. The third-order valence-electron chi connectivity index (χ3n) is 3.92. The summed E-state index contributed by atoms with van der Waals surface area (Å²) >= 11 is 9.10. The van der Waals surface area contributed by atoms with Crippen molar-refractivity contribution in [2.24, 2.45) is 0 Å². The maximum Gasteiger partial charge on any atom is 0.267 e. The van der Waals surface area contributed by atoms with Gasteiger partial charge in [0, 0.05) is 22.3 Å². The van der Waals surface area contributed by atoms with Crippen LogP contribution in [0.15, 0.2) is 34.2 Å². The maximum atomic E-state index is 13.2. The van der Waals surface area contributed by atoms with E-state index in [1.807, 2.05) is 32.9 Å². The number of benzene rings is 1. The highest BCUT2D eigenvalue weighted by atomic mass is 35.5.